The van der Waals surface area contributed by atoms with Crippen molar-refractivity contribution < 1.29 is 33.3 Å². The molecule has 0 aromatic heterocycles. The number of rotatable bonds is 13. The number of amides is 1. The van der Waals surface area contributed by atoms with Gasteiger partial charge in [-0.1, -0.05) is 24.6 Å². The second-order valence-corrected chi connectivity index (χ2v) is 10.5. The summed E-state index contributed by atoms with van der Waals surface area (Å²) < 4.78 is 33.5. The van der Waals surface area contributed by atoms with E-state index in [4.69, 9.17) is 4.74 Å². The van der Waals surface area contributed by atoms with Crippen molar-refractivity contribution in [3.8, 4) is 11.5 Å². The maximum Gasteiger partial charge on any atom is 0.240 e. The zero-order valence-electron chi connectivity index (χ0n) is 20.3. The van der Waals surface area contributed by atoms with Crippen molar-refractivity contribution in [3.05, 3.63) is 54.6 Å². The molecule has 1 amide bonds. The second-order valence-electron chi connectivity index (χ2n) is 8.76. The molecule has 1 aliphatic rings. The molecular weight excluding hydrogens is 486 g/mol. The Labute approximate surface area is 212 Å². The molecule has 10 nitrogen and oxygen atoms in total. The first-order valence-electron chi connectivity index (χ1n) is 12.0. The molecule has 0 bridgehead atoms. The quantitative estimate of drug-likeness (QED) is 0.244. The molecular formula is C25H35N3O7S. The minimum atomic E-state index is -3.66. The molecule has 36 heavy (non-hydrogen) atoms. The van der Waals surface area contributed by atoms with Crippen LogP contribution in [0.5, 0.6) is 11.5 Å². The van der Waals surface area contributed by atoms with Crippen LogP contribution in [0, 0.1) is 0 Å². The fraction of sp³-hybridized carbons (Fsp3) is 0.480. The van der Waals surface area contributed by atoms with Crippen molar-refractivity contribution >= 4 is 15.9 Å². The lowest BCUT2D eigenvalue weighted by molar-refractivity contribution is -0.122. The number of hydrogen-bond acceptors (Lipinski definition) is 8. The molecule has 0 saturated carbocycles. The number of aliphatic hydroxyl groups is 3. The molecule has 11 heteroatoms. The van der Waals surface area contributed by atoms with Gasteiger partial charge in [-0.3, -0.25) is 9.69 Å². The van der Waals surface area contributed by atoms with Gasteiger partial charge in [0.1, 0.15) is 11.5 Å². The number of nitrogens with zero attached hydrogens (tertiary/aromatic N) is 1. The van der Waals surface area contributed by atoms with E-state index in [-0.39, 0.29) is 30.4 Å². The molecule has 1 aliphatic heterocycles. The number of carbonyl (C=O) groups excluding carboxylic acids is 1. The highest BCUT2D eigenvalue weighted by molar-refractivity contribution is 7.89. The van der Waals surface area contributed by atoms with E-state index in [0.29, 0.717) is 37.3 Å². The lowest BCUT2D eigenvalue weighted by Crippen LogP contribution is -2.43. The molecule has 5 N–H and O–H groups in total. The zero-order chi connectivity index (χ0) is 26.1. The highest BCUT2D eigenvalue weighted by atomic mass is 32.2. The molecule has 0 unspecified atom stereocenters. The standard InChI is InChI=1S/C25H35N3O7S/c1-26-23(30)16-21-24(31)25(32)22(17-29)28(21)15-7-3-6-14-27-36(33,34)20-12-10-19(11-13-20)35-18-8-4-2-5-9-18/h2,4-5,8-13,21-22,24-25,27,29,31-32H,3,6-7,14-17H2,1H3,(H,26,30)/t21-,22-,24+,25-/m1/s1. The van der Waals surface area contributed by atoms with Crippen molar-refractivity contribution in [2.75, 3.05) is 26.7 Å². The molecule has 0 spiro atoms. The Hall–Kier alpha value is -2.54. The molecule has 2 aromatic rings. The number of para-hydroxylation sites is 1. The van der Waals surface area contributed by atoms with E-state index >= 15 is 0 Å². The third kappa shape index (κ3) is 7.25. The van der Waals surface area contributed by atoms with Gasteiger partial charge in [0.15, 0.2) is 0 Å². The van der Waals surface area contributed by atoms with E-state index in [1.165, 1.54) is 19.2 Å². The summed E-state index contributed by atoms with van der Waals surface area (Å²) in [6.07, 6.45) is -0.345. The number of hydrogen-bond donors (Lipinski definition) is 5. The number of likely N-dealkylation sites (tertiary alicyclic amines) is 1. The van der Waals surface area contributed by atoms with Crippen LogP contribution in [-0.4, -0.2) is 85.6 Å². The number of sulfonamides is 1. The maximum absolute atomic E-state index is 12.6. The summed E-state index contributed by atoms with van der Waals surface area (Å²) in [5.41, 5.74) is 0. The number of unbranched alkanes of at least 4 members (excludes halogenated alkanes) is 2. The Kier molecular flexibility index (Phi) is 10.2. The van der Waals surface area contributed by atoms with Crippen molar-refractivity contribution in [2.24, 2.45) is 0 Å². The molecule has 1 heterocycles. The van der Waals surface area contributed by atoms with Gasteiger partial charge in [0.05, 0.1) is 29.8 Å². The predicted molar refractivity (Wildman–Crippen MR) is 134 cm³/mol. The monoisotopic (exact) mass is 521 g/mol. The lowest BCUT2D eigenvalue weighted by Gasteiger charge is -2.29. The van der Waals surface area contributed by atoms with Crippen LogP contribution in [0.25, 0.3) is 0 Å². The molecule has 0 radical (unpaired) electrons. The first-order chi connectivity index (χ1) is 17.3. The summed E-state index contributed by atoms with van der Waals surface area (Å²) in [5, 5.41) is 32.8. The van der Waals surface area contributed by atoms with Gasteiger partial charge in [0, 0.05) is 26.1 Å². The van der Waals surface area contributed by atoms with Crippen LogP contribution in [-0.2, 0) is 14.8 Å². The van der Waals surface area contributed by atoms with Gasteiger partial charge in [-0.25, -0.2) is 13.1 Å². The third-order valence-corrected chi connectivity index (χ3v) is 7.83. The van der Waals surface area contributed by atoms with E-state index in [9.17, 15) is 28.5 Å². The Morgan fingerprint density at radius 1 is 0.944 bits per heavy atom. The average molecular weight is 522 g/mol. The van der Waals surface area contributed by atoms with Crippen molar-refractivity contribution in [2.45, 2.75) is 54.9 Å². The van der Waals surface area contributed by atoms with E-state index in [0.717, 1.165) is 0 Å². The lowest BCUT2D eigenvalue weighted by atomic mass is 10.1. The Balaban J connectivity index is 1.44. The highest BCUT2D eigenvalue weighted by Crippen LogP contribution is 2.28. The van der Waals surface area contributed by atoms with Gasteiger partial charge in [-0.15, -0.1) is 0 Å². The number of aliphatic hydroxyl groups excluding tert-OH is 3. The normalized spacial score (nSPS) is 22.4. The Morgan fingerprint density at radius 3 is 2.22 bits per heavy atom. The van der Waals surface area contributed by atoms with Gasteiger partial charge in [-0.2, -0.15) is 0 Å². The van der Waals surface area contributed by atoms with Gasteiger partial charge < -0.3 is 25.4 Å². The van der Waals surface area contributed by atoms with E-state index in [2.05, 4.69) is 10.0 Å². The van der Waals surface area contributed by atoms with E-state index in [1.807, 2.05) is 30.3 Å². The second kappa shape index (κ2) is 13.1. The molecule has 1 saturated heterocycles. The summed E-state index contributed by atoms with van der Waals surface area (Å²) in [5.74, 6) is 0.937. The van der Waals surface area contributed by atoms with Crippen LogP contribution >= 0.6 is 0 Å². The number of carbonyl (C=O) groups is 1. The van der Waals surface area contributed by atoms with Crippen LogP contribution in [0.1, 0.15) is 25.7 Å². The summed E-state index contributed by atoms with van der Waals surface area (Å²) in [7, 11) is -2.16. The van der Waals surface area contributed by atoms with Gasteiger partial charge in [0.25, 0.3) is 0 Å². The topological polar surface area (TPSA) is 148 Å². The summed E-state index contributed by atoms with van der Waals surface area (Å²) >= 11 is 0. The SMILES string of the molecule is CNC(=O)C[C@@H]1[C@H](O)[C@H](O)[C@@H](CO)N1CCCCCNS(=O)(=O)c1ccc(Oc2ccccc2)cc1. The van der Waals surface area contributed by atoms with Crippen LogP contribution in [0.3, 0.4) is 0 Å². The third-order valence-electron chi connectivity index (χ3n) is 6.35. The van der Waals surface area contributed by atoms with Gasteiger partial charge in [-0.05, 0) is 55.8 Å². The van der Waals surface area contributed by atoms with E-state index in [1.54, 1.807) is 17.0 Å². The maximum atomic E-state index is 12.6. The molecule has 4 atom stereocenters. The highest BCUT2D eigenvalue weighted by Gasteiger charge is 2.47. The summed E-state index contributed by atoms with van der Waals surface area (Å²) in [4.78, 5) is 13.7. The van der Waals surface area contributed by atoms with Crippen molar-refractivity contribution in [1.82, 2.24) is 14.9 Å². The number of nitrogens with one attached hydrogen (secondary N) is 2. The zero-order valence-corrected chi connectivity index (χ0v) is 21.1. The van der Waals surface area contributed by atoms with E-state index < -0.39 is 34.3 Å². The average Bonchev–Trinajstić information content (AvgIpc) is 3.10. The molecule has 2 aromatic carbocycles. The summed E-state index contributed by atoms with van der Waals surface area (Å²) in [6, 6.07) is 14.2. The summed E-state index contributed by atoms with van der Waals surface area (Å²) in [6.45, 7) is 0.370. The minimum Gasteiger partial charge on any atom is -0.457 e. The van der Waals surface area contributed by atoms with Crippen LogP contribution in [0.2, 0.25) is 0 Å². The number of ether oxygens (including phenoxy) is 1. The van der Waals surface area contributed by atoms with Gasteiger partial charge >= 0.3 is 0 Å². The largest absolute Gasteiger partial charge is 0.457 e. The van der Waals surface area contributed by atoms with Crippen LogP contribution < -0.4 is 14.8 Å². The molecule has 3 rings (SSSR count). The van der Waals surface area contributed by atoms with Crippen molar-refractivity contribution in [1.29, 1.82) is 0 Å². The first kappa shape index (κ1) is 28.0. The predicted octanol–water partition coefficient (Wildman–Crippen LogP) is 0.831. The first-order valence-corrected chi connectivity index (χ1v) is 13.5. The molecule has 0 aliphatic carbocycles. The molecule has 198 valence electrons. The fourth-order valence-corrected chi connectivity index (χ4v) is 5.44. The van der Waals surface area contributed by atoms with Gasteiger partial charge in [0.2, 0.25) is 15.9 Å². The minimum absolute atomic E-state index is 0.0141. The van der Waals surface area contributed by atoms with Crippen molar-refractivity contribution in [3.63, 3.8) is 0 Å². The Morgan fingerprint density at radius 2 is 1.58 bits per heavy atom. The smallest absolute Gasteiger partial charge is 0.240 e. The Bertz CT molecular complexity index is 1070. The van der Waals surface area contributed by atoms with Crippen LogP contribution in [0.15, 0.2) is 59.5 Å². The molecule has 1 fully saturated rings. The fourth-order valence-electron chi connectivity index (χ4n) is 4.37. The number of benzene rings is 2. The van der Waals surface area contributed by atoms with Crippen LogP contribution in [0.4, 0.5) is 0 Å².